The Labute approximate surface area is 117 Å². The van der Waals surface area contributed by atoms with Gasteiger partial charge in [-0.2, -0.15) is 0 Å². The lowest BCUT2D eigenvalue weighted by Gasteiger charge is -2.22. The first kappa shape index (κ1) is 12.2. The molecule has 1 amide bonds. The SMILES string of the molecule is CC1(Cc2ccccc2)C(=O)Nc2c(Cl)cccc21. The van der Waals surface area contributed by atoms with Gasteiger partial charge in [0.2, 0.25) is 5.91 Å². The van der Waals surface area contributed by atoms with Crippen molar-refractivity contribution in [3.8, 4) is 0 Å². The van der Waals surface area contributed by atoms with Crippen molar-refractivity contribution in [2.24, 2.45) is 0 Å². The molecule has 0 saturated heterocycles. The standard InChI is InChI=1S/C16H14ClNO/c1-16(10-11-6-3-2-4-7-11)12-8-5-9-13(17)14(12)18-15(16)19/h2-9H,10H2,1H3,(H,18,19). The lowest BCUT2D eigenvalue weighted by atomic mass is 9.78. The molecular weight excluding hydrogens is 258 g/mol. The summed E-state index contributed by atoms with van der Waals surface area (Å²) in [4.78, 5) is 12.3. The summed E-state index contributed by atoms with van der Waals surface area (Å²) in [6, 6.07) is 15.7. The zero-order valence-corrected chi connectivity index (χ0v) is 11.4. The third kappa shape index (κ3) is 1.92. The Kier molecular flexibility index (Phi) is 2.83. The van der Waals surface area contributed by atoms with Gasteiger partial charge >= 0.3 is 0 Å². The smallest absolute Gasteiger partial charge is 0.235 e. The van der Waals surface area contributed by atoms with Crippen molar-refractivity contribution in [2.75, 3.05) is 5.32 Å². The number of amides is 1. The molecule has 1 heterocycles. The third-order valence-corrected chi connectivity index (χ3v) is 4.06. The summed E-state index contributed by atoms with van der Waals surface area (Å²) in [5.41, 5.74) is 2.33. The molecule has 0 radical (unpaired) electrons. The molecule has 96 valence electrons. The topological polar surface area (TPSA) is 29.1 Å². The molecule has 0 spiro atoms. The Bertz CT molecular complexity index is 638. The quantitative estimate of drug-likeness (QED) is 0.885. The number of para-hydroxylation sites is 1. The minimum atomic E-state index is -0.554. The van der Waals surface area contributed by atoms with Crippen LogP contribution in [-0.4, -0.2) is 5.91 Å². The summed E-state index contributed by atoms with van der Waals surface area (Å²) in [6.07, 6.45) is 0.674. The summed E-state index contributed by atoms with van der Waals surface area (Å²) >= 11 is 6.15. The maximum absolute atomic E-state index is 12.3. The zero-order valence-electron chi connectivity index (χ0n) is 10.6. The Hall–Kier alpha value is -1.80. The maximum atomic E-state index is 12.3. The molecule has 3 rings (SSSR count). The summed E-state index contributed by atoms with van der Waals surface area (Å²) in [7, 11) is 0. The fourth-order valence-corrected chi connectivity index (χ4v) is 2.89. The molecule has 2 aromatic carbocycles. The molecule has 1 unspecified atom stereocenters. The maximum Gasteiger partial charge on any atom is 0.235 e. The highest BCUT2D eigenvalue weighted by Gasteiger charge is 2.43. The highest BCUT2D eigenvalue weighted by atomic mass is 35.5. The van der Waals surface area contributed by atoms with Crippen LogP contribution in [0, 0.1) is 0 Å². The predicted octanol–water partition coefficient (Wildman–Crippen LogP) is 3.79. The van der Waals surface area contributed by atoms with E-state index < -0.39 is 5.41 Å². The van der Waals surface area contributed by atoms with E-state index in [4.69, 9.17) is 11.6 Å². The van der Waals surface area contributed by atoms with Crippen molar-refractivity contribution in [1.29, 1.82) is 0 Å². The number of hydrogen-bond donors (Lipinski definition) is 1. The number of anilines is 1. The molecule has 0 saturated carbocycles. The summed E-state index contributed by atoms with van der Waals surface area (Å²) in [5.74, 6) is 0.0134. The van der Waals surface area contributed by atoms with Gasteiger partial charge in [0.15, 0.2) is 0 Å². The molecule has 0 fully saturated rings. The number of rotatable bonds is 2. The average Bonchev–Trinajstić information content (AvgIpc) is 2.65. The first-order valence-electron chi connectivity index (χ1n) is 6.25. The van der Waals surface area contributed by atoms with E-state index in [9.17, 15) is 4.79 Å². The average molecular weight is 272 g/mol. The van der Waals surface area contributed by atoms with Gasteiger partial charge in [0.05, 0.1) is 16.1 Å². The summed E-state index contributed by atoms with van der Waals surface area (Å²) in [6.45, 7) is 1.97. The van der Waals surface area contributed by atoms with Crippen molar-refractivity contribution < 1.29 is 4.79 Å². The molecule has 0 aromatic heterocycles. The molecule has 1 aliphatic rings. The van der Waals surface area contributed by atoms with E-state index in [1.807, 2.05) is 49.4 Å². The lowest BCUT2D eigenvalue weighted by molar-refractivity contribution is -0.120. The van der Waals surface area contributed by atoms with Crippen LogP contribution in [0.2, 0.25) is 5.02 Å². The van der Waals surface area contributed by atoms with Gasteiger partial charge in [0.1, 0.15) is 0 Å². The first-order chi connectivity index (χ1) is 9.11. The molecule has 19 heavy (non-hydrogen) atoms. The van der Waals surface area contributed by atoms with Gasteiger partial charge in [-0.3, -0.25) is 4.79 Å². The Morgan fingerprint density at radius 3 is 2.58 bits per heavy atom. The predicted molar refractivity (Wildman–Crippen MR) is 77.6 cm³/mol. The van der Waals surface area contributed by atoms with Crippen LogP contribution in [0.15, 0.2) is 48.5 Å². The van der Waals surface area contributed by atoms with Crippen molar-refractivity contribution in [2.45, 2.75) is 18.8 Å². The van der Waals surface area contributed by atoms with E-state index in [0.29, 0.717) is 11.4 Å². The van der Waals surface area contributed by atoms with Crippen LogP contribution >= 0.6 is 11.6 Å². The molecular formula is C16H14ClNO. The van der Waals surface area contributed by atoms with E-state index in [0.717, 1.165) is 16.8 Å². The second-order valence-corrected chi connectivity index (χ2v) is 5.52. The molecule has 1 atom stereocenters. The lowest BCUT2D eigenvalue weighted by Crippen LogP contribution is -2.33. The van der Waals surface area contributed by atoms with Crippen LogP contribution in [0.3, 0.4) is 0 Å². The number of carbonyl (C=O) groups is 1. The van der Waals surface area contributed by atoms with Gasteiger partial charge in [-0.05, 0) is 30.5 Å². The van der Waals surface area contributed by atoms with E-state index in [1.54, 1.807) is 6.07 Å². The summed E-state index contributed by atoms with van der Waals surface area (Å²) < 4.78 is 0. The molecule has 0 aliphatic carbocycles. The van der Waals surface area contributed by atoms with Crippen LogP contribution < -0.4 is 5.32 Å². The summed E-state index contributed by atoms with van der Waals surface area (Å²) in [5, 5.41) is 3.51. The Morgan fingerprint density at radius 2 is 1.84 bits per heavy atom. The van der Waals surface area contributed by atoms with Crippen molar-refractivity contribution in [3.63, 3.8) is 0 Å². The number of benzene rings is 2. The largest absolute Gasteiger partial charge is 0.324 e. The van der Waals surface area contributed by atoms with Gasteiger partial charge in [0.25, 0.3) is 0 Å². The van der Waals surface area contributed by atoms with Crippen LogP contribution in [-0.2, 0) is 16.6 Å². The fraction of sp³-hybridized carbons (Fsp3) is 0.188. The highest BCUT2D eigenvalue weighted by molar-refractivity contribution is 6.34. The molecule has 2 aromatic rings. The molecule has 1 N–H and O–H groups in total. The second kappa shape index (κ2) is 4.39. The van der Waals surface area contributed by atoms with Crippen molar-refractivity contribution in [1.82, 2.24) is 0 Å². The number of carbonyl (C=O) groups excluding carboxylic acids is 1. The van der Waals surface area contributed by atoms with Gasteiger partial charge in [-0.15, -0.1) is 0 Å². The van der Waals surface area contributed by atoms with Gasteiger partial charge in [-0.1, -0.05) is 54.1 Å². The van der Waals surface area contributed by atoms with E-state index in [-0.39, 0.29) is 5.91 Å². The minimum absolute atomic E-state index is 0.0134. The number of fused-ring (bicyclic) bond motifs is 1. The van der Waals surface area contributed by atoms with Gasteiger partial charge in [0, 0.05) is 0 Å². The Balaban J connectivity index is 2.05. The van der Waals surface area contributed by atoms with E-state index >= 15 is 0 Å². The molecule has 1 aliphatic heterocycles. The zero-order chi connectivity index (χ0) is 13.5. The molecule has 0 bridgehead atoms. The van der Waals surface area contributed by atoms with E-state index in [2.05, 4.69) is 5.32 Å². The van der Waals surface area contributed by atoms with Crippen LogP contribution in [0.25, 0.3) is 0 Å². The van der Waals surface area contributed by atoms with Crippen LogP contribution in [0.5, 0.6) is 0 Å². The van der Waals surface area contributed by atoms with Crippen molar-refractivity contribution in [3.05, 3.63) is 64.7 Å². The van der Waals surface area contributed by atoms with Crippen LogP contribution in [0.4, 0.5) is 5.69 Å². The molecule has 2 nitrogen and oxygen atoms in total. The second-order valence-electron chi connectivity index (χ2n) is 5.11. The Morgan fingerprint density at radius 1 is 1.11 bits per heavy atom. The number of hydrogen-bond acceptors (Lipinski definition) is 1. The van der Waals surface area contributed by atoms with Crippen molar-refractivity contribution >= 4 is 23.2 Å². The third-order valence-electron chi connectivity index (χ3n) is 3.75. The fourth-order valence-electron chi connectivity index (χ4n) is 2.66. The molecule has 3 heteroatoms. The van der Waals surface area contributed by atoms with Gasteiger partial charge in [-0.25, -0.2) is 0 Å². The normalized spacial score (nSPS) is 21.1. The first-order valence-corrected chi connectivity index (χ1v) is 6.63. The number of halogens is 1. The number of nitrogens with one attached hydrogen (secondary N) is 1. The monoisotopic (exact) mass is 271 g/mol. The van der Waals surface area contributed by atoms with Gasteiger partial charge < -0.3 is 5.32 Å². The minimum Gasteiger partial charge on any atom is -0.324 e. The highest BCUT2D eigenvalue weighted by Crippen LogP contribution is 2.43. The van der Waals surface area contributed by atoms with E-state index in [1.165, 1.54) is 0 Å². The van der Waals surface area contributed by atoms with Crippen LogP contribution in [0.1, 0.15) is 18.1 Å².